The van der Waals surface area contributed by atoms with Crippen LogP contribution in [0.3, 0.4) is 0 Å². The molecule has 100 valence electrons. The number of pyridine rings is 1. The second-order valence-electron chi connectivity index (χ2n) is 4.38. The third-order valence-electron chi connectivity index (χ3n) is 2.62. The molecule has 0 aliphatic heterocycles. The molecule has 1 aromatic carbocycles. The molecule has 1 atom stereocenters. The normalized spacial score (nSPS) is 11.9. The van der Waals surface area contributed by atoms with Crippen molar-refractivity contribution in [1.29, 1.82) is 0 Å². The summed E-state index contributed by atoms with van der Waals surface area (Å²) in [5, 5.41) is 12.9. The third-order valence-corrected chi connectivity index (χ3v) is 2.62. The van der Waals surface area contributed by atoms with Gasteiger partial charge in [0, 0.05) is 12.7 Å². The molecule has 2 N–H and O–H groups in total. The summed E-state index contributed by atoms with van der Waals surface area (Å²) >= 11 is 0. The molecule has 0 saturated carbocycles. The van der Waals surface area contributed by atoms with E-state index in [1.165, 1.54) is 0 Å². The summed E-state index contributed by atoms with van der Waals surface area (Å²) in [6.07, 6.45) is 1.16. The van der Waals surface area contributed by atoms with E-state index in [2.05, 4.69) is 10.3 Å². The minimum Gasteiger partial charge on any atom is -0.491 e. The standard InChI is InChI=1S/C15H18N2O2/c1-12-7-8-16-15(9-12)17-10-13(18)11-19-14-5-3-2-4-6-14/h2-9,13,18H,10-11H2,1H3,(H,16,17)/t13-/m0/s1. The summed E-state index contributed by atoms with van der Waals surface area (Å²) in [6.45, 7) is 2.66. The molecule has 0 aliphatic rings. The Labute approximate surface area is 113 Å². The molecule has 0 spiro atoms. The van der Waals surface area contributed by atoms with Gasteiger partial charge in [-0.2, -0.15) is 0 Å². The average molecular weight is 258 g/mol. The highest BCUT2D eigenvalue weighted by molar-refractivity contribution is 5.36. The fourth-order valence-electron chi connectivity index (χ4n) is 1.62. The fraction of sp³-hybridized carbons (Fsp3) is 0.267. The summed E-state index contributed by atoms with van der Waals surface area (Å²) in [7, 11) is 0. The SMILES string of the molecule is Cc1ccnc(NC[C@H](O)COc2ccccc2)c1. The van der Waals surface area contributed by atoms with Crippen molar-refractivity contribution in [2.24, 2.45) is 0 Å². The van der Waals surface area contributed by atoms with Crippen LogP contribution in [0.15, 0.2) is 48.7 Å². The van der Waals surface area contributed by atoms with Crippen LogP contribution in [-0.4, -0.2) is 29.3 Å². The van der Waals surface area contributed by atoms with E-state index in [0.29, 0.717) is 6.54 Å². The Morgan fingerprint density at radius 1 is 1.26 bits per heavy atom. The van der Waals surface area contributed by atoms with Crippen molar-refractivity contribution in [3.8, 4) is 5.75 Å². The van der Waals surface area contributed by atoms with Crippen LogP contribution in [-0.2, 0) is 0 Å². The lowest BCUT2D eigenvalue weighted by Gasteiger charge is -2.13. The zero-order chi connectivity index (χ0) is 13.5. The Hall–Kier alpha value is -2.07. The number of anilines is 1. The van der Waals surface area contributed by atoms with Crippen molar-refractivity contribution in [3.05, 3.63) is 54.2 Å². The highest BCUT2D eigenvalue weighted by atomic mass is 16.5. The summed E-state index contributed by atoms with van der Waals surface area (Å²) in [4.78, 5) is 4.17. The molecule has 1 aromatic heterocycles. The first-order valence-electron chi connectivity index (χ1n) is 6.26. The Bertz CT molecular complexity index is 503. The van der Waals surface area contributed by atoms with Gasteiger partial charge in [-0.1, -0.05) is 18.2 Å². The van der Waals surface area contributed by atoms with Gasteiger partial charge in [-0.15, -0.1) is 0 Å². The number of hydrogen-bond acceptors (Lipinski definition) is 4. The maximum absolute atomic E-state index is 9.83. The van der Waals surface area contributed by atoms with E-state index >= 15 is 0 Å². The zero-order valence-corrected chi connectivity index (χ0v) is 10.9. The molecule has 4 nitrogen and oxygen atoms in total. The molecular formula is C15H18N2O2. The molecular weight excluding hydrogens is 240 g/mol. The predicted octanol–water partition coefficient (Wildman–Crippen LogP) is 2.24. The minimum absolute atomic E-state index is 0.253. The van der Waals surface area contributed by atoms with Crippen molar-refractivity contribution >= 4 is 5.82 Å². The van der Waals surface area contributed by atoms with Crippen LogP contribution < -0.4 is 10.1 Å². The van der Waals surface area contributed by atoms with Gasteiger partial charge in [0.1, 0.15) is 24.3 Å². The number of rotatable bonds is 6. The van der Waals surface area contributed by atoms with E-state index in [0.717, 1.165) is 17.1 Å². The zero-order valence-electron chi connectivity index (χ0n) is 10.9. The van der Waals surface area contributed by atoms with Gasteiger partial charge >= 0.3 is 0 Å². The lowest BCUT2D eigenvalue weighted by molar-refractivity contribution is 0.117. The Morgan fingerprint density at radius 3 is 2.79 bits per heavy atom. The number of para-hydroxylation sites is 1. The smallest absolute Gasteiger partial charge is 0.126 e. The molecule has 0 fully saturated rings. The minimum atomic E-state index is -0.581. The number of aliphatic hydroxyl groups is 1. The van der Waals surface area contributed by atoms with Gasteiger partial charge < -0.3 is 15.2 Å². The molecule has 0 amide bonds. The number of hydrogen-bond donors (Lipinski definition) is 2. The molecule has 0 unspecified atom stereocenters. The van der Waals surface area contributed by atoms with Crippen LogP contribution in [0.5, 0.6) is 5.75 Å². The lowest BCUT2D eigenvalue weighted by atomic mass is 10.3. The van der Waals surface area contributed by atoms with Crippen molar-refractivity contribution < 1.29 is 9.84 Å². The van der Waals surface area contributed by atoms with Crippen molar-refractivity contribution in [3.63, 3.8) is 0 Å². The number of aromatic nitrogens is 1. The summed E-state index contributed by atoms with van der Waals surface area (Å²) in [5.41, 5.74) is 1.13. The van der Waals surface area contributed by atoms with E-state index in [9.17, 15) is 5.11 Å². The van der Waals surface area contributed by atoms with Gasteiger partial charge in [0.05, 0.1) is 0 Å². The first-order chi connectivity index (χ1) is 9.24. The molecule has 2 rings (SSSR count). The van der Waals surface area contributed by atoms with Gasteiger partial charge in [0.2, 0.25) is 0 Å². The quantitative estimate of drug-likeness (QED) is 0.834. The Balaban J connectivity index is 1.74. The van der Waals surface area contributed by atoms with Crippen molar-refractivity contribution in [1.82, 2.24) is 4.98 Å². The maximum Gasteiger partial charge on any atom is 0.126 e. The monoisotopic (exact) mass is 258 g/mol. The molecule has 19 heavy (non-hydrogen) atoms. The maximum atomic E-state index is 9.83. The van der Waals surface area contributed by atoms with Crippen molar-refractivity contribution in [2.75, 3.05) is 18.5 Å². The van der Waals surface area contributed by atoms with Crippen LogP contribution in [0, 0.1) is 6.92 Å². The number of benzene rings is 1. The van der Waals surface area contributed by atoms with E-state index in [4.69, 9.17) is 4.74 Å². The van der Waals surface area contributed by atoms with E-state index < -0.39 is 6.10 Å². The van der Waals surface area contributed by atoms with Crippen LogP contribution in [0.25, 0.3) is 0 Å². The van der Waals surface area contributed by atoms with Crippen LogP contribution in [0.1, 0.15) is 5.56 Å². The lowest BCUT2D eigenvalue weighted by Crippen LogP contribution is -2.26. The largest absolute Gasteiger partial charge is 0.491 e. The topological polar surface area (TPSA) is 54.4 Å². The fourth-order valence-corrected chi connectivity index (χ4v) is 1.62. The average Bonchev–Trinajstić information content (AvgIpc) is 2.44. The van der Waals surface area contributed by atoms with Gasteiger partial charge in [0.15, 0.2) is 0 Å². The summed E-state index contributed by atoms with van der Waals surface area (Å²) in [5.74, 6) is 1.52. The van der Waals surface area contributed by atoms with E-state index in [1.807, 2.05) is 49.4 Å². The molecule has 0 bridgehead atoms. The van der Waals surface area contributed by atoms with Crippen LogP contribution in [0.4, 0.5) is 5.82 Å². The highest BCUT2D eigenvalue weighted by Crippen LogP contribution is 2.09. The first-order valence-corrected chi connectivity index (χ1v) is 6.26. The van der Waals surface area contributed by atoms with Gasteiger partial charge in [-0.05, 0) is 36.8 Å². The Morgan fingerprint density at radius 2 is 2.05 bits per heavy atom. The number of aliphatic hydroxyl groups excluding tert-OH is 1. The van der Waals surface area contributed by atoms with Crippen molar-refractivity contribution in [2.45, 2.75) is 13.0 Å². The first kappa shape index (κ1) is 13.4. The molecule has 1 heterocycles. The second kappa shape index (κ2) is 6.75. The second-order valence-corrected chi connectivity index (χ2v) is 4.38. The van der Waals surface area contributed by atoms with E-state index in [-0.39, 0.29) is 6.61 Å². The molecule has 0 aliphatic carbocycles. The molecule has 2 aromatic rings. The van der Waals surface area contributed by atoms with Gasteiger partial charge in [0.25, 0.3) is 0 Å². The predicted molar refractivity (Wildman–Crippen MR) is 75.4 cm³/mol. The highest BCUT2D eigenvalue weighted by Gasteiger charge is 2.05. The number of nitrogens with one attached hydrogen (secondary N) is 1. The Kier molecular flexibility index (Phi) is 4.75. The van der Waals surface area contributed by atoms with E-state index in [1.54, 1.807) is 6.20 Å². The van der Waals surface area contributed by atoms with Gasteiger partial charge in [-0.25, -0.2) is 4.98 Å². The molecule has 0 radical (unpaired) electrons. The third kappa shape index (κ3) is 4.60. The van der Waals surface area contributed by atoms with Crippen LogP contribution >= 0.6 is 0 Å². The molecule has 0 saturated heterocycles. The number of ether oxygens (including phenoxy) is 1. The summed E-state index contributed by atoms with van der Waals surface area (Å²) < 4.78 is 5.47. The van der Waals surface area contributed by atoms with Gasteiger partial charge in [-0.3, -0.25) is 0 Å². The summed E-state index contributed by atoms with van der Waals surface area (Å²) in [6, 6.07) is 13.3. The number of aryl methyl sites for hydroxylation is 1. The number of nitrogens with zero attached hydrogens (tertiary/aromatic N) is 1. The van der Waals surface area contributed by atoms with Crippen LogP contribution in [0.2, 0.25) is 0 Å². The molecule has 4 heteroatoms.